The quantitative estimate of drug-likeness (QED) is 0.894. The van der Waals surface area contributed by atoms with Gasteiger partial charge in [0, 0.05) is 7.05 Å². The number of sulfonamides is 1. The number of benzene rings is 1. The molecule has 0 spiro atoms. The van der Waals surface area contributed by atoms with Crippen molar-refractivity contribution in [2.45, 2.75) is 18.7 Å². The molecule has 0 aromatic heterocycles. The van der Waals surface area contributed by atoms with E-state index < -0.39 is 28.4 Å². The first kappa shape index (κ1) is 14.6. The largest absolute Gasteiger partial charge is 0.480 e. The van der Waals surface area contributed by atoms with Gasteiger partial charge in [0.25, 0.3) is 0 Å². The second-order valence-corrected chi connectivity index (χ2v) is 6.07. The van der Waals surface area contributed by atoms with Crippen LogP contribution in [-0.4, -0.2) is 37.4 Å². The zero-order valence-electron chi connectivity index (χ0n) is 10.3. The van der Waals surface area contributed by atoms with Crippen molar-refractivity contribution in [3.63, 3.8) is 0 Å². The number of carboxylic acids is 1. The number of aryl methyl sites for hydroxylation is 2. The molecule has 0 unspecified atom stereocenters. The van der Waals surface area contributed by atoms with E-state index in [4.69, 9.17) is 5.11 Å². The summed E-state index contributed by atoms with van der Waals surface area (Å²) in [6.45, 7) is 2.27. The molecule has 100 valence electrons. The van der Waals surface area contributed by atoms with Crippen LogP contribution in [-0.2, 0) is 14.8 Å². The summed E-state index contributed by atoms with van der Waals surface area (Å²) in [7, 11) is -2.75. The fourth-order valence-electron chi connectivity index (χ4n) is 1.51. The number of rotatable bonds is 4. The van der Waals surface area contributed by atoms with Crippen molar-refractivity contribution in [3.8, 4) is 0 Å². The number of carbonyl (C=O) groups is 1. The van der Waals surface area contributed by atoms with Crippen LogP contribution < -0.4 is 0 Å². The summed E-state index contributed by atoms with van der Waals surface area (Å²) < 4.78 is 38.2. The smallest absolute Gasteiger partial charge is 0.318 e. The van der Waals surface area contributed by atoms with Gasteiger partial charge in [-0.15, -0.1) is 0 Å². The summed E-state index contributed by atoms with van der Waals surface area (Å²) in [6, 6.07) is 2.38. The highest BCUT2D eigenvalue weighted by Gasteiger charge is 2.24. The molecule has 18 heavy (non-hydrogen) atoms. The van der Waals surface area contributed by atoms with Crippen molar-refractivity contribution in [1.82, 2.24) is 4.31 Å². The second kappa shape index (κ2) is 5.03. The van der Waals surface area contributed by atoms with Crippen LogP contribution in [0.3, 0.4) is 0 Å². The SMILES string of the molecule is Cc1cc(S(=O)(=O)N(C)CC(=O)O)cc(C)c1F. The van der Waals surface area contributed by atoms with Gasteiger partial charge in [0.2, 0.25) is 10.0 Å². The minimum absolute atomic E-state index is 0.109. The molecule has 0 amide bonds. The Balaban J connectivity index is 3.25. The number of hydrogen-bond donors (Lipinski definition) is 1. The Morgan fingerprint density at radius 3 is 2.17 bits per heavy atom. The molecular weight excluding hydrogens is 261 g/mol. The Hall–Kier alpha value is -1.47. The van der Waals surface area contributed by atoms with E-state index in [-0.39, 0.29) is 16.0 Å². The molecule has 0 atom stereocenters. The lowest BCUT2D eigenvalue weighted by Crippen LogP contribution is -2.32. The van der Waals surface area contributed by atoms with E-state index >= 15 is 0 Å². The van der Waals surface area contributed by atoms with Crippen LogP contribution >= 0.6 is 0 Å². The number of likely N-dealkylation sites (N-methyl/N-ethyl adjacent to an activating group) is 1. The lowest BCUT2D eigenvalue weighted by Gasteiger charge is -2.16. The van der Waals surface area contributed by atoms with Gasteiger partial charge in [-0.05, 0) is 37.1 Å². The van der Waals surface area contributed by atoms with Crippen LogP contribution in [0, 0.1) is 19.7 Å². The third-order valence-corrected chi connectivity index (χ3v) is 4.26. The van der Waals surface area contributed by atoms with Crippen molar-refractivity contribution >= 4 is 16.0 Å². The lowest BCUT2D eigenvalue weighted by molar-refractivity contribution is -0.137. The summed E-state index contributed by atoms with van der Waals surface area (Å²) in [5.74, 6) is -1.72. The maximum atomic E-state index is 13.4. The number of hydrogen-bond acceptors (Lipinski definition) is 3. The molecule has 1 N–H and O–H groups in total. The molecule has 1 aromatic carbocycles. The predicted molar refractivity (Wildman–Crippen MR) is 63.3 cm³/mol. The molecule has 7 heteroatoms. The van der Waals surface area contributed by atoms with Gasteiger partial charge in [0.15, 0.2) is 0 Å². The van der Waals surface area contributed by atoms with Crippen LogP contribution in [0.4, 0.5) is 4.39 Å². The Bertz CT molecular complexity index is 560. The molecule has 5 nitrogen and oxygen atoms in total. The molecule has 0 fully saturated rings. The van der Waals surface area contributed by atoms with Crippen molar-refractivity contribution in [1.29, 1.82) is 0 Å². The molecule has 0 saturated carbocycles. The number of aliphatic carboxylic acids is 1. The fourth-order valence-corrected chi connectivity index (χ4v) is 2.80. The van der Waals surface area contributed by atoms with Crippen LogP contribution in [0.1, 0.15) is 11.1 Å². The van der Waals surface area contributed by atoms with E-state index in [0.29, 0.717) is 4.31 Å². The molecule has 0 bridgehead atoms. The maximum Gasteiger partial charge on any atom is 0.318 e. The minimum atomic E-state index is -3.91. The molecule has 0 aliphatic carbocycles. The van der Waals surface area contributed by atoms with Gasteiger partial charge in [-0.3, -0.25) is 4.79 Å². The van der Waals surface area contributed by atoms with Gasteiger partial charge in [0.05, 0.1) is 4.90 Å². The van der Waals surface area contributed by atoms with Gasteiger partial charge in [-0.25, -0.2) is 12.8 Å². The van der Waals surface area contributed by atoms with E-state index in [1.54, 1.807) is 0 Å². The Morgan fingerprint density at radius 2 is 1.78 bits per heavy atom. The van der Waals surface area contributed by atoms with Crippen LogP contribution in [0.5, 0.6) is 0 Å². The summed E-state index contributed by atoms with van der Waals surface area (Å²) >= 11 is 0. The Kier molecular flexibility index (Phi) is 4.08. The van der Waals surface area contributed by atoms with Crippen molar-refractivity contribution in [3.05, 3.63) is 29.1 Å². The zero-order chi connectivity index (χ0) is 14.1. The first-order valence-electron chi connectivity index (χ1n) is 5.11. The molecule has 0 aliphatic rings. The second-order valence-electron chi connectivity index (χ2n) is 4.03. The highest BCUT2D eigenvalue weighted by molar-refractivity contribution is 7.89. The minimum Gasteiger partial charge on any atom is -0.480 e. The molecule has 1 aromatic rings. The Morgan fingerprint density at radius 1 is 1.33 bits per heavy atom. The van der Waals surface area contributed by atoms with E-state index in [2.05, 4.69) is 0 Å². The standard InChI is InChI=1S/C11H14FNO4S/c1-7-4-9(5-8(2)11(7)12)18(16,17)13(3)6-10(14)15/h4-5H,6H2,1-3H3,(H,14,15). The molecule has 0 aliphatic heterocycles. The van der Waals surface area contributed by atoms with Crippen LogP contribution in [0.15, 0.2) is 17.0 Å². The van der Waals surface area contributed by atoms with Gasteiger partial charge < -0.3 is 5.11 Å². The lowest BCUT2D eigenvalue weighted by atomic mass is 10.1. The van der Waals surface area contributed by atoms with Gasteiger partial charge >= 0.3 is 5.97 Å². The molecule has 0 saturated heterocycles. The topological polar surface area (TPSA) is 74.7 Å². The highest BCUT2D eigenvalue weighted by Crippen LogP contribution is 2.20. The molecule has 0 heterocycles. The average molecular weight is 275 g/mol. The van der Waals surface area contributed by atoms with Crippen LogP contribution in [0.2, 0.25) is 0 Å². The first-order valence-corrected chi connectivity index (χ1v) is 6.55. The third-order valence-electron chi connectivity index (χ3n) is 2.48. The van der Waals surface area contributed by atoms with E-state index in [1.807, 2.05) is 0 Å². The van der Waals surface area contributed by atoms with E-state index in [0.717, 1.165) is 7.05 Å². The molecular formula is C11H14FNO4S. The number of nitrogens with zero attached hydrogens (tertiary/aromatic N) is 1. The van der Waals surface area contributed by atoms with Crippen molar-refractivity contribution < 1.29 is 22.7 Å². The predicted octanol–water partition coefficient (Wildman–Crippen LogP) is 1.15. The molecule has 0 radical (unpaired) electrons. The van der Waals surface area contributed by atoms with Crippen molar-refractivity contribution in [2.24, 2.45) is 0 Å². The van der Waals surface area contributed by atoms with E-state index in [1.165, 1.54) is 26.0 Å². The van der Waals surface area contributed by atoms with Crippen molar-refractivity contribution in [2.75, 3.05) is 13.6 Å². The summed E-state index contributed by atoms with van der Waals surface area (Å²) in [5, 5.41) is 8.58. The fraction of sp³-hybridized carbons (Fsp3) is 0.364. The normalized spacial score (nSPS) is 11.8. The van der Waals surface area contributed by atoms with Crippen LogP contribution in [0.25, 0.3) is 0 Å². The maximum absolute atomic E-state index is 13.4. The Labute approximate surface area is 105 Å². The number of carboxylic acid groups (broad SMARTS) is 1. The molecule has 1 rings (SSSR count). The highest BCUT2D eigenvalue weighted by atomic mass is 32.2. The van der Waals surface area contributed by atoms with Gasteiger partial charge in [-0.2, -0.15) is 4.31 Å². The average Bonchev–Trinajstić information content (AvgIpc) is 2.24. The van der Waals surface area contributed by atoms with Gasteiger partial charge in [-0.1, -0.05) is 0 Å². The zero-order valence-corrected chi connectivity index (χ0v) is 11.1. The summed E-state index contributed by atoms with van der Waals surface area (Å²) in [5.41, 5.74) is 0.412. The number of halogens is 1. The van der Waals surface area contributed by atoms with Gasteiger partial charge in [0.1, 0.15) is 12.4 Å². The summed E-state index contributed by atoms with van der Waals surface area (Å²) in [4.78, 5) is 10.4. The third kappa shape index (κ3) is 2.85. The first-order chi connectivity index (χ1) is 8.16. The summed E-state index contributed by atoms with van der Waals surface area (Å²) in [6.07, 6.45) is 0. The monoisotopic (exact) mass is 275 g/mol. The van der Waals surface area contributed by atoms with E-state index in [9.17, 15) is 17.6 Å².